The summed E-state index contributed by atoms with van der Waals surface area (Å²) >= 11 is 7.56. The van der Waals surface area contributed by atoms with E-state index in [1.165, 1.54) is 11.8 Å². The Hall–Kier alpha value is -2.84. The first-order chi connectivity index (χ1) is 16.8. The summed E-state index contributed by atoms with van der Waals surface area (Å²) in [6, 6.07) is 14.4. The number of amides is 2. The molecule has 0 saturated heterocycles. The second-order valence-corrected chi connectivity index (χ2v) is 9.92. The van der Waals surface area contributed by atoms with Crippen LogP contribution in [0.15, 0.2) is 53.7 Å². The van der Waals surface area contributed by atoms with Gasteiger partial charge in [-0.3, -0.25) is 9.59 Å². The van der Waals surface area contributed by atoms with Crippen LogP contribution in [0.3, 0.4) is 0 Å². The van der Waals surface area contributed by atoms with E-state index < -0.39 is 0 Å². The number of anilines is 1. The molecule has 0 spiro atoms. The van der Waals surface area contributed by atoms with E-state index in [9.17, 15) is 9.59 Å². The van der Waals surface area contributed by atoms with Gasteiger partial charge in [0.2, 0.25) is 5.91 Å². The molecule has 1 heterocycles. The molecule has 186 valence electrons. The second kappa shape index (κ2) is 12.7. The topological polar surface area (TPSA) is 88.9 Å². The lowest BCUT2D eigenvalue weighted by atomic mass is 10.0. The van der Waals surface area contributed by atoms with E-state index in [0.29, 0.717) is 40.5 Å². The molecular weight excluding hydrogens is 482 g/mol. The van der Waals surface area contributed by atoms with Crippen molar-refractivity contribution in [2.75, 3.05) is 11.1 Å². The summed E-state index contributed by atoms with van der Waals surface area (Å²) < 4.78 is 1.96. The first-order valence-electron chi connectivity index (χ1n) is 11.8. The molecule has 2 aromatic carbocycles. The van der Waals surface area contributed by atoms with Crippen LogP contribution in [0.25, 0.3) is 0 Å². The number of benzene rings is 2. The smallest absolute Gasteiger partial charge is 0.253 e. The van der Waals surface area contributed by atoms with Gasteiger partial charge in [-0.25, -0.2) is 0 Å². The molecule has 1 atom stereocenters. The van der Waals surface area contributed by atoms with Gasteiger partial charge in [0.05, 0.1) is 22.4 Å². The van der Waals surface area contributed by atoms with Crippen LogP contribution >= 0.6 is 23.4 Å². The largest absolute Gasteiger partial charge is 0.342 e. The molecule has 0 aliphatic heterocycles. The second-order valence-electron chi connectivity index (χ2n) is 8.57. The highest BCUT2D eigenvalue weighted by atomic mass is 35.5. The van der Waals surface area contributed by atoms with E-state index >= 15 is 0 Å². The van der Waals surface area contributed by atoms with Crippen molar-refractivity contribution in [3.63, 3.8) is 0 Å². The summed E-state index contributed by atoms with van der Waals surface area (Å²) in [4.78, 5) is 25.6. The van der Waals surface area contributed by atoms with Gasteiger partial charge in [-0.1, -0.05) is 74.5 Å². The van der Waals surface area contributed by atoms with E-state index in [1.54, 1.807) is 24.3 Å². The van der Waals surface area contributed by atoms with Crippen molar-refractivity contribution in [1.29, 1.82) is 0 Å². The molecule has 0 aliphatic rings. The number of nitrogens with zero attached hydrogens (tertiary/aromatic N) is 3. The molecule has 3 rings (SSSR count). The van der Waals surface area contributed by atoms with Gasteiger partial charge in [0.15, 0.2) is 11.0 Å². The zero-order valence-corrected chi connectivity index (χ0v) is 22.1. The van der Waals surface area contributed by atoms with Crippen LogP contribution in [-0.2, 0) is 17.8 Å². The number of carbonyl (C=O) groups is 2. The van der Waals surface area contributed by atoms with Crippen LogP contribution in [0, 0.1) is 5.92 Å². The van der Waals surface area contributed by atoms with Crippen LogP contribution < -0.4 is 10.6 Å². The van der Waals surface area contributed by atoms with Gasteiger partial charge < -0.3 is 15.2 Å². The fraction of sp³-hybridized carbons (Fsp3) is 0.385. The van der Waals surface area contributed by atoms with Crippen LogP contribution in [-0.4, -0.2) is 32.3 Å². The Balaban J connectivity index is 1.74. The summed E-state index contributed by atoms with van der Waals surface area (Å²) in [5.41, 5.74) is 2.34. The Morgan fingerprint density at radius 3 is 2.46 bits per heavy atom. The van der Waals surface area contributed by atoms with Gasteiger partial charge in [0.1, 0.15) is 0 Å². The van der Waals surface area contributed by atoms with Crippen LogP contribution in [0.2, 0.25) is 5.02 Å². The minimum Gasteiger partial charge on any atom is -0.342 e. The quantitative estimate of drug-likeness (QED) is 0.318. The maximum atomic E-state index is 13.0. The Kier molecular flexibility index (Phi) is 9.74. The minimum atomic E-state index is -0.342. The van der Waals surface area contributed by atoms with E-state index in [0.717, 1.165) is 17.7 Å². The molecule has 0 unspecified atom stereocenters. The van der Waals surface area contributed by atoms with Crippen LogP contribution in [0.1, 0.15) is 61.9 Å². The van der Waals surface area contributed by atoms with Crippen LogP contribution in [0.4, 0.5) is 5.69 Å². The Labute approximate surface area is 216 Å². The summed E-state index contributed by atoms with van der Waals surface area (Å²) in [7, 11) is 0. The molecule has 3 aromatic rings. The van der Waals surface area contributed by atoms with Crippen molar-refractivity contribution in [2.45, 2.75) is 58.3 Å². The number of hydrogen-bond donors (Lipinski definition) is 2. The molecule has 0 aliphatic carbocycles. The lowest BCUT2D eigenvalue weighted by Crippen LogP contribution is -2.31. The predicted octanol–water partition coefficient (Wildman–Crippen LogP) is 5.76. The number of aromatic nitrogens is 3. The van der Waals surface area contributed by atoms with E-state index in [1.807, 2.05) is 35.8 Å². The Morgan fingerprint density at radius 2 is 1.77 bits per heavy atom. The fourth-order valence-electron chi connectivity index (χ4n) is 3.81. The third-order valence-corrected chi connectivity index (χ3v) is 6.81. The summed E-state index contributed by atoms with van der Waals surface area (Å²) in [6.45, 7) is 8.85. The molecule has 7 nitrogen and oxygen atoms in total. The molecule has 1 aromatic heterocycles. The van der Waals surface area contributed by atoms with Crippen molar-refractivity contribution in [1.82, 2.24) is 20.1 Å². The monoisotopic (exact) mass is 513 g/mol. The third-order valence-electron chi connectivity index (χ3n) is 5.51. The molecule has 35 heavy (non-hydrogen) atoms. The van der Waals surface area contributed by atoms with Gasteiger partial charge in [0, 0.05) is 12.2 Å². The number of nitrogens with one attached hydrogen (secondary N) is 2. The normalized spacial score (nSPS) is 11.9. The summed E-state index contributed by atoms with van der Waals surface area (Å²) in [6.07, 6.45) is 1.53. The molecule has 0 radical (unpaired) electrons. The number of halogens is 1. The first-order valence-corrected chi connectivity index (χ1v) is 13.2. The number of para-hydroxylation sites is 1. The van der Waals surface area contributed by atoms with Crippen molar-refractivity contribution >= 4 is 40.9 Å². The maximum Gasteiger partial charge on any atom is 0.253 e. The van der Waals surface area contributed by atoms with Gasteiger partial charge in [-0.15, -0.1) is 10.2 Å². The summed E-state index contributed by atoms with van der Waals surface area (Å²) in [5, 5.41) is 15.9. The highest BCUT2D eigenvalue weighted by Gasteiger charge is 2.25. The number of carbonyl (C=O) groups excluding carboxylic acids is 2. The SMILES string of the molecule is CCc1ccccc1NC(=O)CSc1nnc([C@H](CC(C)C)NC(=O)c2ccccc2Cl)n1CC. The van der Waals surface area contributed by atoms with Crippen LogP contribution in [0.5, 0.6) is 0 Å². The van der Waals surface area contributed by atoms with Gasteiger partial charge in [-0.2, -0.15) is 0 Å². The first kappa shape index (κ1) is 26.8. The summed E-state index contributed by atoms with van der Waals surface area (Å²) in [5.74, 6) is 0.829. The molecule has 0 saturated carbocycles. The van der Waals surface area contributed by atoms with E-state index in [-0.39, 0.29) is 23.6 Å². The molecule has 0 bridgehead atoms. The number of thioether (sulfide) groups is 1. The molecule has 0 fully saturated rings. The average Bonchev–Trinajstić information content (AvgIpc) is 3.25. The molecule has 2 amide bonds. The fourth-order valence-corrected chi connectivity index (χ4v) is 4.84. The average molecular weight is 514 g/mol. The van der Waals surface area contributed by atoms with Crippen molar-refractivity contribution in [3.8, 4) is 0 Å². The Bertz CT molecular complexity index is 1160. The highest BCUT2D eigenvalue weighted by Crippen LogP contribution is 2.26. The Morgan fingerprint density at radius 1 is 1.06 bits per heavy atom. The standard InChI is InChI=1S/C26H32ClN5O2S/c1-5-18-11-7-10-14-21(18)28-23(33)16-35-26-31-30-24(32(26)6-2)22(15-17(3)4)29-25(34)19-12-8-9-13-20(19)27/h7-14,17,22H,5-6,15-16H2,1-4H3,(H,28,33)(H,29,34)/t22-/m0/s1. The highest BCUT2D eigenvalue weighted by molar-refractivity contribution is 7.99. The molecule has 9 heteroatoms. The number of hydrogen-bond acceptors (Lipinski definition) is 5. The van der Waals surface area contributed by atoms with E-state index in [4.69, 9.17) is 11.6 Å². The van der Waals surface area contributed by atoms with Gasteiger partial charge >= 0.3 is 0 Å². The molecule has 2 N–H and O–H groups in total. The van der Waals surface area contributed by atoms with Crippen molar-refractivity contribution < 1.29 is 9.59 Å². The minimum absolute atomic E-state index is 0.103. The lowest BCUT2D eigenvalue weighted by Gasteiger charge is -2.21. The number of rotatable bonds is 11. The third kappa shape index (κ3) is 7.08. The predicted molar refractivity (Wildman–Crippen MR) is 142 cm³/mol. The maximum absolute atomic E-state index is 13.0. The molecular formula is C26H32ClN5O2S. The zero-order chi connectivity index (χ0) is 25.4. The van der Waals surface area contributed by atoms with Gasteiger partial charge in [-0.05, 0) is 49.4 Å². The van der Waals surface area contributed by atoms with Crippen molar-refractivity contribution in [2.24, 2.45) is 5.92 Å². The van der Waals surface area contributed by atoms with Crippen molar-refractivity contribution in [3.05, 3.63) is 70.5 Å². The number of aryl methyl sites for hydroxylation is 1. The lowest BCUT2D eigenvalue weighted by molar-refractivity contribution is -0.113. The van der Waals surface area contributed by atoms with Gasteiger partial charge in [0.25, 0.3) is 5.91 Å². The zero-order valence-electron chi connectivity index (χ0n) is 20.5. The van der Waals surface area contributed by atoms with E-state index in [2.05, 4.69) is 41.6 Å².